The first-order valence-electron chi connectivity index (χ1n) is 6.03. The maximum atomic E-state index is 12.2. The van der Waals surface area contributed by atoms with Crippen molar-refractivity contribution in [3.63, 3.8) is 0 Å². The van der Waals surface area contributed by atoms with Crippen LogP contribution in [0, 0.1) is 17.3 Å². The minimum absolute atomic E-state index is 0.0181. The van der Waals surface area contributed by atoms with Gasteiger partial charge in [-0.25, -0.2) is 4.79 Å². The van der Waals surface area contributed by atoms with E-state index in [-0.39, 0.29) is 10.8 Å². The fourth-order valence-corrected chi connectivity index (χ4v) is 3.83. The molecule has 1 saturated carbocycles. The van der Waals surface area contributed by atoms with E-state index < -0.39 is 5.97 Å². The maximum Gasteiger partial charge on any atom is 0.345 e. The predicted octanol–water partition coefficient (Wildman–Crippen LogP) is 2.17. The molecule has 2 aliphatic rings. The van der Waals surface area contributed by atoms with E-state index in [1.54, 1.807) is 6.07 Å². The number of carboxylic acids is 1. The normalized spacial score (nSPS) is 28.0. The fraction of sp³-hybridized carbons (Fsp3) is 0.538. The molecule has 2 fully saturated rings. The number of thiophene rings is 1. The van der Waals surface area contributed by atoms with Crippen molar-refractivity contribution in [2.75, 3.05) is 13.1 Å². The molecule has 1 N–H and O–H groups in total. The van der Waals surface area contributed by atoms with Crippen LogP contribution in [-0.2, 0) is 0 Å². The van der Waals surface area contributed by atoms with Crippen molar-refractivity contribution in [2.45, 2.75) is 13.8 Å². The van der Waals surface area contributed by atoms with Crippen LogP contribution in [0.15, 0.2) is 12.1 Å². The molecule has 0 bridgehead atoms. The molecule has 1 saturated heterocycles. The summed E-state index contributed by atoms with van der Waals surface area (Å²) in [6, 6.07) is 3.12. The van der Waals surface area contributed by atoms with Gasteiger partial charge in [0, 0.05) is 13.1 Å². The van der Waals surface area contributed by atoms with E-state index in [0.29, 0.717) is 22.1 Å². The highest BCUT2D eigenvalue weighted by Gasteiger charge is 2.62. The van der Waals surface area contributed by atoms with Gasteiger partial charge in [-0.2, -0.15) is 0 Å². The number of likely N-dealkylation sites (tertiary alicyclic amines) is 1. The number of fused-ring (bicyclic) bond motifs is 1. The zero-order valence-electron chi connectivity index (χ0n) is 10.3. The minimum atomic E-state index is -0.968. The number of carbonyl (C=O) groups is 2. The number of hydrogen-bond donors (Lipinski definition) is 1. The molecule has 18 heavy (non-hydrogen) atoms. The number of carbonyl (C=O) groups excluding carboxylic acids is 1. The van der Waals surface area contributed by atoms with Crippen LogP contribution in [0.2, 0.25) is 0 Å². The Balaban J connectivity index is 1.71. The van der Waals surface area contributed by atoms with Crippen LogP contribution >= 0.6 is 11.3 Å². The molecule has 4 nitrogen and oxygen atoms in total. The lowest BCUT2D eigenvalue weighted by atomic mass is 10.1. The van der Waals surface area contributed by atoms with Gasteiger partial charge in [-0.15, -0.1) is 11.3 Å². The van der Waals surface area contributed by atoms with E-state index >= 15 is 0 Å². The molecule has 1 amide bonds. The third-order valence-electron chi connectivity index (χ3n) is 4.44. The Morgan fingerprint density at radius 1 is 1.28 bits per heavy atom. The Morgan fingerprint density at radius 2 is 1.83 bits per heavy atom. The monoisotopic (exact) mass is 265 g/mol. The number of rotatable bonds is 2. The van der Waals surface area contributed by atoms with Gasteiger partial charge in [0.15, 0.2) is 0 Å². The molecule has 0 aromatic carbocycles. The number of hydrogen-bond acceptors (Lipinski definition) is 3. The standard InChI is InChI=1S/C13H15NO3S/c1-13(2)7-5-14(6-8(7)13)11(15)9-3-4-10(18-9)12(16)17/h3-4,7-8H,5-6H2,1-2H3,(H,16,17). The first-order chi connectivity index (χ1) is 8.41. The molecule has 0 spiro atoms. The van der Waals surface area contributed by atoms with E-state index in [1.807, 2.05) is 4.90 Å². The van der Waals surface area contributed by atoms with Gasteiger partial charge in [0.1, 0.15) is 4.88 Å². The summed E-state index contributed by atoms with van der Waals surface area (Å²) in [4.78, 5) is 25.6. The maximum absolute atomic E-state index is 12.2. The van der Waals surface area contributed by atoms with Gasteiger partial charge in [0.05, 0.1) is 4.88 Å². The zero-order chi connectivity index (χ0) is 13.1. The summed E-state index contributed by atoms with van der Waals surface area (Å²) in [6.45, 7) is 6.13. The van der Waals surface area contributed by atoms with Crippen molar-refractivity contribution < 1.29 is 14.7 Å². The summed E-state index contributed by atoms with van der Waals surface area (Å²) >= 11 is 1.06. The summed E-state index contributed by atoms with van der Waals surface area (Å²) in [7, 11) is 0. The Kier molecular flexibility index (Phi) is 2.32. The molecule has 2 unspecified atom stereocenters. The molecule has 2 atom stereocenters. The van der Waals surface area contributed by atoms with Gasteiger partial charge < -0.3 is 10.0 Å². The molecular formula is C13H15NO3S. The summed E-state index contributed by atoms with van der Waals surface area (Å²) < 4.78 is 0. The SMILES string of the molecule is CC1(C)C2CN(C(=O)c3ccc(C(=O)O)s3)CC21. The summed E-state index contributed by atoms with van der Waals surface area (Å²) in [6.07, 6.45) is 0. The Hall–Kier alpha value is -1.36. The fourth-order valence-electron chi connectivity index (χ4n) is 3.02. The summed E-state index contributed by atoms with van der Waals surface area (Å²) in [5, 5.41) is 8.85. The third-order valence-corrected chi connectivity index (χ3v) is 5.50. The van der Waals surface area contributed by atoms with Crippen molar-refractivity contribution in [2.24, 2.45) is 17.3 Å². The largest absolute Gasteiger partial charge is 0.477 e. The molecule has 2 heterocycles. The lowest BCUT2D eigenvalue weighted by Crippen LogP contribution is -2.32. The van der Waals surface area contributed by atoms with Gasteiger partial charge in [-0.05, 0) is 29.4 Å². The second kappa shape index (κ2) is 3.57. The van der Waals surface area contributed by atoms with Crippen molar-refractivity contribution >= 4 is 23.2 Å². The van der Waals surface area contributed by atoms with Crippen LogP contribution in [0.1, 0.15) is 33.2 Å². The molecule has 1 aromatic heterocycles. The third kappa shape index (κ3) is 1.57. The molecule has 1 aromatic rings. The van der Waals surface area contributed by atoms with Crippen molar-refractivity contribution in [3.05, 3.63) is 21.9 Å². The zero-order valence-corrected chi connectivity index (χ0v) is 11.2. The van der Waals surface area contributed by atoms with Crippen molar-refractivity contribution in [3.8, 4) is 0 Å². The number of piperidine rings is 1. The van der Waals surface area contributed by atoms with Crippen LogP contribution in [0.4, 0.5) is 0 Å². The topological polar surface area (TPSA) is 57.6 Å². The average Bonchev–Trinajstić information content (AvgIpc) is 2.82. The highest BCUT2D eigenvalue weighted by molar-refractivity contribution is 7.15. The first-order valence-corrected chi connectivity index (χ1v) is 6.85. The molecule has 5 heteroatoms. The van der Waals surface area contributed by atoms with Gasteiger partial charge in [-0.1, -0.05) is 13.8 Å². The number of aromatic carboxylic acids is 1. The molecule has 3 rings (SSSR count). The van der Waals surface area contributed by atoms with Crippen molar-refractivity contribution in [1.29, 1.82) is 0 Å². The van der Waals surface area contributed by atoms with E-state index in [9.17, 15) is 9.59 Å². The predicted molar refractivity (Wildman–Crippen MR) is 67.9 cm³/mol. The van der Waals surface area contributed by atoms with E-state index in [4.69, 9.17) is 5.11 Å². The average molecular weight is 265 g/mol. The number of nitrogens with zero attached hydrogens (tertiary/aromatic N) is 1. The Morgan fingerprint density at radius 3 is 2.33 bits per heavy atom. The second-order valence-corrected chi connectivity index (χ2v) is 6.80. The van der Waals surface area contributed by atoms with Gasteiger partial charge >= 0.3 is 5.97 Å². The van der Waals surface area contributed by atoms with E-state index in [0.717, 1.165) is 24.4 Å². The molecule has 0 radical (unpaired) electrons. The van der Waals surface area contributed by atoms with Crippen LogP contribution < -0.4 is 0 Å². The highest BCUT2D eigenvalue weighted by Crippen LogP contribution is 2.62. The van der Waals surface area contributed by atoms with Crippen molar-refractivity contribution in [1.82, 2.24) is 4.90 Å². The smallest absolute Gasteiger partial charge is 0.345 e. The number of carboxylic acid groups (broad SMARTS) is 1. The molecular weight excluding hydrogens is 250 g/mol. The Bertz CT molecular complexity index is 520. The molecule has 96 valence electrons. The lowest BCUT2D eigenvalue weighted by molar-refractivity contribution is 0.0701. The van der Waals surface area contributed by atoms with Gasteiger partial charge in [-0.3, -0.25) is 4.79 Å². The van der Waals surface area contributed by atoms with Gasteiger partial charge in [0.25, 0.3) is 5.91 Å². The lowest BCUT2D eigenvalue weighted by Gasteiger charge is -2.21. The highest BCUT2D eigenvalue weighted by atomic mass is 32.1. The van der Waals surface area contributed by atoms with Crippen LogP contribution in [-0.4, -0.2) is 35.0 Å². The van der Waals surface area contributed by atoms with E-state index in [1.165, 1.54) is 6.07 Å². The van der Waals surface area contributed by atoms with Crippen LogP contribution in [0.5, 0.6) is 0 Å². The Labute approximate surface area is 109 Å². The van der Waals surface area contributed by atoms with Crippen LogP contribution in [0.3, 0.4) is 0 Å². The summed E-state index contributed by atoms with van der Waals surface area (Å²) in [5.41, 5.74) is 0.387. The number of amides is 1. The first kappa shape index (κ1) is 11.7. The van der Waals surface area contributed by atoms with Gasteiger partial charge in [0.2, 0.25) is 0 Å². The minimum Gasteiger partial charge on any atom is -0.477 e. The quantitative estimate of drug-likeness (QED) is 0.891. The second-order valence-electron chi connectivity index (χ2n) is 5.71. The molecule has 1 aliphatic carbocycles. The van der Waals surface area contributed by atoms with E-state index in [2.05, 4.69) is 13.8 Å². The molecule has 1 aliphatic heterocycles. The summed E-state index contributed by atoms with van der Waals surface area (Å²) in [5.74, 6) is 0.265. The van der Waals surface area contributed by atoms with Crippen LogP contribution in [0.25, 0.3) is 0 Å².